The lowest BCUT2D eigenvalue weighted by atomic mass is 9.99. The van der Waals surface area contributed by atoms with Gasteiger partial charge in [0.05, 0.1) is 12.6 Å². The molecule has 0 radical (unpaired) electrons. The molecule has 0 fully saturated rings. The van der Waals surface area contributed by atoms with Gasteiger partial charge >= 0.3 is 0 Å². The van der Waals surface area contributed by atoms with Gasteiger partial charge in [0, 0.05) is 44.1 Å². The van der Waals surface area contributed by atoms with Crippen LogP contribution in [0.1, 0.15) is 40.9 Å². The van der Waals surface area contributed by atoms with Crippen LogP contribution in [-0.2, 0) is 6.54 Å². The summed E-state index contributed by atoms with van der Waals surface area (Å²) in [7, 11) is 2.06. The number of carbonyl (C=O) groups excluding carboxylic acids is 1. The van der Waals surface area contributed by atoms with E-state index in [-0.39, 0.29) is 30.6 Å². The van der Waals surface area contributed by atoms with Crippen LogP contribution < -0.4 is 4.74 Å². The number of aliphatic hydroxyl groups excluding tert-OH is 1. The number of ether oxygens (including phenoxy) is 1. The molecule has 3 aromatic rings. The third-order valence-electron chi connectivity index (χ3n) is 6.50. The standard InChI is InChI=1S/C29H34N4O3/c1-21-17-33(22(2)20-34)29(35)26-15-25(10-9-23-7-5-4-6-8-23)16-31-28(26)36-27(21)19-32(3)18-24-11-13-30-14-12-24/h4-16,21-22,27,34H,17-20H2,1-3H3/b10-9+/t21-,22+,27-/m1/s1. The normalized spacial score (nSPS) is 19.0. The summed E-state index contributed by atoms with van der Waals surface area (Å²) in [6, 6.07) is 15.5. The van der Waals surface area contributed by atoms with Crippen molar-refractivity contribution in [3.05, 3.63) is 89.4 Å². The second-order valence-corrected chi connectivity index (χ2v) is 9.54. The average Bonchev–Trinajstić information content (AvgIpc) is 2.90. The van der Waals surface area contributed by atoms with Crippen LogP contribution in [0.15, 0.2) is 67.1 Å². The zero-order valence-electron chi connectivity index (χ0n) is 21.1. The minimum absolute atomic E-state index is 0.0374. The number of hydrogen-bond acceptors (Lipinski definition) is 6. The largest absolute Gasteiger partial charge is 0.472 e. The van der Waals surface area contributed by atoms with Gasteiger partial charge in [-0.25, -0.2) is 4.98 Å². The first-order valence-corrected chi connectivity index (χ1v) is 12.3. The molecule has 7 heteroatoms. The van der Waals surface area contributed by atoms with Crippen LogP contribution in [0.2, 0.25) is 0 Å². The van der Waals surface area contributed by atoms with Gasteiger partial charge in [0.1, 0.15) is 11.7 Å². The number of carbonyl (C=O) groups is 1. The highest BCUT2D eigenvalue weighted by Crippen LogP contribution is 2.28. The summed E-state index contributed by atoms with van der Waals surface area (Å²) in [6.45, 7) is 5.74. The first-order chi connectivity index (χ1) is 17.4. The second-order valence-electron chi connectivity index (χ2n) is 9.54. The van der Waals surface area contributed by atoms with Gasteiger partial charge in [0.25, 0.3) is 5.91 Å². The maximum atomic E-state index is 13.6. The molecular weight excluding hydrogens is 452 g/mol. The molecule has 0 saturated carbocycles. The molecule has 1 N–H and O–H groups in total. The molecule has 1 aliphatic heterocycles. The Hall–Kier alpha value is -3.55. The van der Waals surface area contributed by atoms with Crippen LogP contribution in [0.5, 0.6) is 5.88 Å². The Bertz CT molecular complexity index is 1170. The molecule has 1 amide bonds. The molecule has 0 unspecified atom stereocenters. The minimum atomic E-state index is -0.315. The summed E-state index contributed by atoms with van der Waals surface area (Å²) < 4.78 is 6.41. The first kappa shape index (κ1) is 25.5. The molecule has 4 rings (SSSR count). The van der Waals surface area contributed by atoms with E-state index in [0.29, 0.717) is 24.5 Å². The number of hydrogen-bond donors (Lipinski definition) is 1. The van der Waals surface area contributed by atoms with Gasteiger partial charge in [-0.3, -0.25) is 14.7 Å². The van der Waals surface area contributed by atoms with Crippen molar-refractivity contribution in [2.75, 3.05) is 26.7 Å². The summed E-state index contributed by atoms with van der Waals surface area (Å²) in [6.07, 6.45) is 9.07. The van der Waals surface area contributed by atoms with Gasteiger partial charge < -0.3 is 14.7 Å². The molecule has 1 aliphatic rings. The molecule has 0 bridgehead atoms. The number of aromatic nitrogens is 2. The zero-order valence-corrected chi connectivity index (χ0v) is 21.1. The van der Waals surface area contributed by atoms with Crippen LogP contribution in [0.4, 0.5) is 0 Å². The van der Waals surface area contributed by atoms with E-state index in [2.05, 4.69) is 28.8 Å². The van der Waals surface area contributed by atoms with Crippen LogP contribution in [0.25, 0.3) is 12.2 Å². The number of rotatable bonds is 8. The molecule has 0 aliphatic carbocycles. The fraction of sp³-hybridized carbons (Fsp3) is 0.345. The van der Waals surface area contributed by atoms with Crippen molar-refractivity contribution in [1.82, 2.24) is 19.8 Å². The molecule has 3 atom stereocenters. The van der Waals surface area contributed by atoms with Crippen LogP contribution in [-0.4, -0.2) is 69.7 Å². The maximum absolute atomic E-state index is 13.6. The van der Waals surface area contributed by atoms with E-state index in [4.69, 9.17) is 4.74 Å². The molecule has 3 heterocycles. The summed E-state index contributed by atoms with van der Waals surface area (Å²) in [5, 5.41) is 9.88. The number of aliphatic hydroxyl groups is 1. The highest BCUT2D eigenvalue weighted by atomic mass is 16.5. The molecule has 188 valence electrons. The van der Waals surface area contributed by atoms with Crippen molar-refractivity contribution in [2.24, 2.45) is 5.92 Å². The van der Waals surface area contributed by atoms with E-state index in [1.165, 1.54) is 5.56 Å². The number of nitrogens with zero attached hydrogens (tertiary/aromatic N) is 4. The third kappa shape index (κ3) is 6.36. The SMILES string of the molecule is C[C@@H]1CN([C@@H](C)CO)C(=O)c2cc(/C=C/c3ccccc3)cnc2O[C@@H]1CN(C)Cc1ccncc1. The fourth-order valence-corrected chi connectivity index (χ4v) is 4.36. The van der Waals surface area contributed by atoms with Crippen molar-refractivity contribution >= 4 is 18.1 Å². The van der Waals surface area contributed by atoms with E-state index in [9.17, 15) is 9.90 Å². The maximum Gasteiger partial charge on any atom is 0.259 e. The number of benzene rings is 1. The van der Waals surface area contributed by atoms with Crippen LogP contribution >= 0.6 is 0 Å². The predicted molar refractivity (Wildman–Crippen MR) is 141 cm³/mol. The van der Waals surface area contributed by atoms with Gasteiger partial charge in [0.15, 0.2) is 0 Å². The third-order valence-corrected chi connectivity index (χ3v) is 6.50. The molecule has 0 saturated heterocycles. The quantitative estimate of drug-likeness (QED) is 0.519. The van der Waals surface area contributed by atoms with Gasteiger partial charge in [-0.2, -0.15) is 0 Å². The van der Waals surface area contributed by atoms with Crippen molar-refractivity contribution < 1.29 is 14.6 Å². The van der Waals surface area contributed by atoms with Crippen LogP contribution in [0.3, 0.4) is 0 Å². The van der Waals surface area contributed by atoms with Gasteiger partial charge in [-0.05, 0) is 48.9 Å². The Morgan fingerprint density at radius 1 is 1.17 bits per heavy atom. The van der Waals surface area contributed by atoms with Crippen molar-refractivity contribution in [2.45, 2.75) is 32.5 Å². The summed E-state index contributed by atoms with van der Waals surface area (Å²) >= 11 is 0. The predicted octanol–water partition coefficient (Wildman–Crippen LogP) is 4.00. The van der Waals surface area contributed by atoms with Gasteiger partial charge in [0.2, 0.25) is 5.88 Å². The van der Waals surface area contributed by atoms with Gasteiger partial charge in [-0.15, -0.1) is 0 Å². The Balaban J connectivity index is 1.61. The zero-order chi connectivity index (χ0) is 25.5. The van der Waals surface area contributed by atoms with E-state index < -0.39 is 0 Å². The molecule has 0 spiro atoms. The van der Waals surface area contributed by atoms with Crippen LogP contribution in [0, 0.1) is 5.92 Å². The number of likely N-dealkylation sites (N-methyl/N-ethyl adjacent to an activating group) is 1. The first-order valence-electron chi connectivity index (χ1n) is 12.3. The number of pyridine rings is 2. The lowest BCUT2D eigenvalue weighted by Gasteiger charge is -2.37. The Morgan fingerprint density at radius 3 is 2.61 bits per heavy atom. The average molecular weight is 487 g/mol. The molecule has 1 aromatic carbocycles. The highest BCUT2D eigenvalue weighted by molar-refractivity contribution is 5.97. The topological polar surface area (TPSA) is 78.8 Å². The Labute approximate surface area is 213 Å². The van der Waals surface area contributed by atoms with Crippen molar-refractivity contribution in [3.63, 3.8) is 0 Å². The summed E-state index contributed by atoms with van der Waals surface area (Å²) in [5.74, 6) is 0.195. The fourth-order valence-electron chi connectivity index (χ4n) is 4.36. The second kappa shape index (κ2) is 11.9. The van der Waals surface area contributed by atoms with E-state index in [0.717, 1.165) is 17.7 Å². The lowest BCUT2D eigenvalue weighted by Crippen LogP contribution is -2.49. The molecule has 36 heavy (non-hydrogen) atoms. The molecule has 7 nitrogen and oxygen atoms in total. The number of fused-ring (bicyclic) bond motifs is 1. The summed E-state index contributed by atoms with van der Waals surface area (Å²) in [5.41, 5.74) is 3.46. The summed E-state index contributed by atoms with van der Waals surface area (Å²) in [4.78, 5) is 26.2. The van der Waals surface area contributed by atoms with Crippen molar-refractivity contribution in [3.8, 4) is 5.88 Å². The Kier molecular flexibility index (Phi) is 8.46. The van der Waals surface area contributed by atoms with E-state index in [1.54, 1.807) is 23.5 Å². The Morgan fingerprint density at radius 2 is 1.89 bits per heavy atom. The van der Waals surface area contributed by atoms with Crippen molar-refractivity contribution in [1.29, 1.82) is 0 Å². The van der Waals surface area contributed by atoms with E-state index in [1.807, 2.05) is 67.6 Å². The molecular formula is C29H34N4O3. The molecule has 2 aromatic heterocycles. The minimum Gasteiger partial charge on any atom is -0.472 e. The number of amides is 1. The smallest absolute Gasteiger partial charge is 0.259 e. The highest BCUT2D eigenvalue weighted by Gasteiger charge is 2.34. The van der Waals surface area contributed by atoms with Gasteiger partial charge in [-0.1, -0.05) is 49.4 Å². The van der Waals surface area contributed by atoms with E-state index >= 15 is 0 Å². The monoisotopic (exact) mass is 486 g/mol. The lowest BCUT2D eigenvalue weighted by molar-refractivity contribution is 0.0325.